The van der Waals surface area contributed by atoms with Crippen molar-refractivity contribution in [3.63, 3.8) is 0 Å². The smallest absolute Gasteiger partial charge is 0.150 e. The van der Waals surface area contributed by atoms with Crippen LogP contribution in [0.15, 0.2) is 12.8 Å². The predicted octanol–water partition coefficient (Wildman–Crippen LogP) is -0.326. The van der Waals surface area contributed by atoms with Gasteiger partial charge in [-0.3, -0.25) is 0 Å². The van der Waals surface area contributed by atoms with Crippen molar-refractivity contribution in [2.75, 3.05) is 13.2 Å². The Balaban J connectivity index is 2.00. The topological polar surface area (TPSA) is 47.9 Å². The van der Waals surface area contributed by atoms with Gasteiger partial charge in [0.25, 0.3) is 0 Å². The van der Waals surface area contributed by atoms with Crippen molar-refractivity contribution < 1.29 is 19.3 Å². The second kappa shape index (κ2) is 3.05. The lowest BCUT2D eigenvalue weighted by Crippen LogP contribution is -2.31. The molecule has 2 heterocycles. The molecule has 12 heavy (non-hydrogen) atoms. The molecule has 1 N–H and O–H groups in total. The highest BCUT2D eigenvalue weighted by Crippen LogP contribution is 2.28. The molecule has 2 aliphatic rings. The number of fused-ring (bicyclic) bond motifs is 1. The maximum atomic E-state index is 9.35. The molecular weight excluding hydrogens is 160 g/mol. The zero-order chi connectivity index (χ0) is 8.55. The van der Waals surface area contributed by atoms with Crippen LogP contribution in [0.3, 0.4) is 0 Å². The van der Waals surface area contributed by atoms with Crippen molar-refractivity contribution >= 4 is 0 Å². The quantitative estimate of drug-likeness (QED) is 0.579. The lowest BCUT2D eigenvalue weighted by Gasteiger charge is -2.14. The fraction of sp³-hybridized carbons (Fsp3) is 0.750. The normalized spacial score (nSPS) is 45.8. The largest absolute Gasteiger partial charge is 0.493 e. The average molecular weight is 172 g/mol. The Kier molecular flexibility index (Phi) is 2.04. The standard InChI is InChI=1S/C8H12O4/c1-2-10-6-4-12-7-5(9)3-11-8(6)7/h2,5-9H,1,3-4H2/t5-,6-,7-,8-/m1/s1. The third kappa shape index (κ3) is 1.12. The van der Waals surface area contributed by atoms with Gasteiger partial charge in [-0.2, -0.15) is 0 Å². The van der Waals surface area contributed by atoms with Crippen molar-refractivity contribution in [1.82, 2.24) is 0 Å². The van der Waals surface area contributed by atoms with Crippen molar-refractivity contribution in [3.8, 4) is 0 Å². The van der Waals surface area contributed by atoms with E-state index in [2.05, 4.69) is 6.58 Å². The Bertz CT molecular complexity index is 182. The van der Waals surface area contributed by atoms with E-state index in [0.717, 1.165) is 0 Å². The maximum Gasteiger partial charge on any atom is 0.150 e. The van der Waals surface area contributed by atoms with Crippen LogP contribution in [0.5, 0.6) is 0 Å². The van der Waals surface area contributed by atoms with Crippen molar-refractivity contribution in [3.05, 3.63) is 12.8 Å². The molecule has 0 radical (unpaired) electrons. The molecule has 2 fully saturated rings. The minimum atomic E-state index is -0.506. The van der Waals surface area contributed by atoms with Gasteiger partial charge in [0.1, 0.15) is 24.4 Å². The Morgan fingerprint density at radius 1 is 1.33 bits per heavy atom. The van der Waals surface area contributed by atoms with E-state index in [1.54, 1.807) is 0 Å². The molecule has 0 saturated carbocycles. The molecule has 2 saturated heterocycles. The molecule has 0 amide bonds. The van der Waals surface area contributed by atoms with E-state index < -0.39 is 6.10 Å². The predicted molar refractivity (Wildman–Crippen MR) is 40.6 cm³/mol. The maximum absolute atomic E-state index is 9.35. The molecule has 4 nitrogen and oxygen atoms in total. The van der Waals surface area contributed by atoms with Gasteiger partial charge in [0.05, 0.1) is 19.5 Å². The molecule has 0 bridgehead atoms. The first-order chi connectivity index (χ1) is 5.83. The number of aliphatic hydroxyl groups excluding tert-OH is 1. The number of ether oxygens (including phenoxy) is 3. The summed E-state index contributed by atoms with van der Waals surface area (Å²) in [6, 6.07) is 0. The zero-order valence-electron chi connectivity index (χ0n) is 6.68. The van der Waals surface area contributed by atoms with Gasteiger partial charge in [0.2, 0.25) is 0 Å². The monoisotopic (exact) mass is 172 g/mol. The summed E-state index contributed by atoms with van der Waals surface area (Å²) in [4.78, 5) is 0. The Hall–Kier alpha value is -0.580. The first-order valence-corrected chi connectivity index (χ1v) is 4.00. The third-order valence-electron chi connectivity index (χ3n) is 2.25. The Morgan fingerprint density at radius 3 is 2.83 bits per heavy atom. The highest BCUT2D eigenvalue weighted by molar-refractivity contribution is 4.95. The first-order valence-electron chi connectivity index (χ1n) is 4.00. The fourth-order valence-corrected chi connectivity index (χ4v) is 1.68. The average Bonchev–Trinajstić information content (AvgIpc) is 2.58. The van der Waals surface area contributed by atoms with Crippen molar-refractivity contribution in [2.24, 2.45) is 0 Å². The van der Waals surface area contributed by atoms with Crippen LogP contribution in [0.4, 0.5) is 0 Å². The number of hydrogen-bond donors (Lipinski definition) is 1. The summed E-state index contributed by atoms with van der Waals surface area (Å²) in [5.74, 6) is 0. The van der Waals surface area contributed by atoms with Gasteiger partial charge in [-0.1, -0.05) is 6.58 Å². The summed E-state index contributed by atoms with van der Waals surface area (Å²) in [5, 5.41) is 9.35. The Labute approximate surface area is 70.7 Å². The van der Waals surface area contributed by atoms with E-state index in [4.69, 9.17) is 14.2 Å². The van der Waals surface area contributed by atoms with Crippen molar-refractivity contribution in [1.29, 1.82) is 0 Å². The van der Waals surface area contributed by atoms with Gasteiger partial charge < -0.3 is 19.3 Å². The molecule has 4 heteroatoms. The highest BCUT2D eigenvalue weighted by atomic mass is 16.6. The highest BCUT2D eigenvalue weighted by Gasteiger charge is 2.47. The van der Waals surface area contributed by atoms with Gasteiger partial charge >= 0.3 is 0 Å². The van der Waals surface area contributed by atoms with Crippen LogP contribution in [0.25, 0.3) is 0 Å². The van der Waals surface area contributed by atoms with Crippen LogP contribution in [0.2, 0.25) is 0 Å². The molecule has 0 aromatic carbocycles. The van der Waals surface area contributed by atoms with E-state index in [0.29, 0.717) is 13.2 Å². The van der Waals surface area contributed by atoms with Gasteiger partial charge in [-0.15, -0.1) is 0 Å². The van der Waals surface area contributed by atoms with Crippen LogP contribution in [0, 0.1) is 0 Å². The van der Waals surface area contributed by atoms with E-state index in [1.165, 1.54) is 6.26 Å². The van der Waals surface area contributed by atoms with Crippen LogP contribution < -0.4 is 0 Å². The second-order valence-electron chi connectivity index (χ2n) is 3.00. The summed E-state index contributed by atoms with van der Waals surface area (Å²) >= 11 is 0. The minimum absolute atomic E-state index is 0.107. The summed E-state index contributed by atoms with van der Waals surface area (Å²) in [5.41, 5.74) is 0. The van der Waals surface area contributed by atoms with Gasteiger partial charge in [0.15, 0.2) is 0 Å². The van der Waals surface area contributed by atoms with E-state index >= 15 is 0 Å². The molecule has 0 aliphatic carbocycles. The zero-order valence-corrected chi connectivity index (χ0v) is 6.68. The molecular formula is C8H12O4. The van der Waals surface area contributed by atoms with E-state index in [-0.39, 0.29) is 18.3 Å². The molecule has 2 rings (SSSR count). The number of rotatable bonds is 2. The van der Waals surface area contributed by atoms with Gasteiger partial charge in [-0.05, 0) is 0 Å². The second-order valence-corrected chi connectivity index (χ2v) is 3.00. The SMILES string of the molecule is C=CO[C@@H]1CO[C@H]2[C@@H]1OC[C@H]2O. The summed E-state index contributed by atoms with van der Waals surface area (Å²) in [7, 11) is 0. The summed E-state index contributed by atoms with van der Waals surface area (Å²) in [6.07, 6.45) is 0.427. The van der Waals surface area contributed by atoms with Crippen LogP contribution in [-0.4, -0.2) is 42.7 Å². The van der Waals surface area contributed by atoms with Gasteiger partial charge in [-0.25, -0.2) is 0 Å². The fourth-order valence-electron chi connectivity index (χ4n) is 1.68. The third-order valence-corrected chi connectivity index (χ3v) is 2.25. The van der Waals surface area contributed by atoms with Crippen LogP contribution in [0.1, 0.15) is 0 Å². The van der Waals surface area contributed by atoms with E-state index in [9.17, 15) is 5.11 Å². The summed E-state index contributed by atoms with van der Waals surface area (Å²) in [6.45, 7) is 4.27. The minimum Gasteiger partial charge on any atom is -0.493 e. The summed E-state index contributed by atoms with van der Waals surface area (Å²) < 4.78 is 15.8. The Morgan fingerprint density at radius 2 is 2.08 bits per heavy atom. The molecule has 68 valence electrons. The molecule has 0 unspecified atom stereocenters. The lowest BCUT2D eigenvalue weighted by molar-refractivity contribution is -0.00322. The lowest BCUT2D eigenvalue weighted by atomic mass is 10.1. The van der Waals surface area contributed by atoms with Crippen LogP contribution in [-0.2, 0) is 14.2 Å². The first kappa shape index (κ1) is 8.04. The van der Waals surface area contributed by atoms with Gasteiger partial charge in [0, 0.05) is 0 Å². The van der Waals surface area contributed by atoms with E-state index in [1.807, 2.05) is 0 Å². The number of aliphatic hydroxyl groups is 1. The number of hydrogen-bond acceptors (Lipinski definition) is 4. The molecule has 4 atom stereocenters. The van der Waals surface area contributed by atoms with Crippen molar-refractivity contribution in [2.45, 2.75) is 24.4 Å². The molecule has 2 aliphatic heterocycles. The molecule has 0 aromatic heterocycles. The molecule has 0 spiro atoms. The van der Waals surface area contributed by atoms with Crippen LogP contribution >= 0.6 is 0 Å². The molecule has 0 aromatic rings.